The predicted octanol–water partition coefficient (Wildman–Crippen LogP) is 2.70. The molecule has 96 valence electrons. The third kappa shape index (κ3) is 2.56. The summed E-state index contributed by atoms with van der Waals surface area (Å²) in [7, 11) is 0. The van der Waals surface area contributed by atoms with Crippen LogP contribution in [0.5, 0.6) is 0 Å². The second-order valence-corrected chi connectivity index (χ2v) is 5.48. The van der Waals surface area contributed by atoms with Crippen LogP contribution in [0.4, 0.5) is 0 Å². The van der Waals surface area contributed by atoms with E-state index in [0.717, 1.165) is 24.0 Å². The minimum absolute atomic E-state index is 0.0259. The number of ether oxygens (including phenoxy) is 1. The van der Waals surface area contributed by atoms with Crippen LogP contribution >= 0.6 is 15.9 Å². The van der Waals surface area contributed by atoms with Gasteiger partial charge in [-0.3, -0.25) is 4.79 Å². The first kappa shape index (κ1) is 13.1. The number of carbonyl (C=O) groups is 2. The Balaban J connectivity index is 2.42. The van der Waals surface area contributed by atoms with E-state index in [0.29, 0.717) is 0 Å². The van der Waals surface area contributed by atoms with Gasteiger partial charge in [-0.1, -0.05) is 22.0 Å². The summed E-state index contributed by atoms with van der Waals surface area (Å²) in [6.45, 7) is 1.36. The van der Waals surface area contributed by atoms with Gasteiger partial charge in [0.1, 0.15) is 6.10 Å². The van der Waals surface area contributed by atoms with Gasteiger partial charge in [0.05, 0.1) is 10.4 Å². The summed E-state index contributed by atoms with van der Waals surface area (Å²) in [5.74, 6) is -1.34. The van der Waals surface area contributed by atoms with Crippen molar-refractivity contribution in [2.24, 2.45) is 0 Å². The number of halogens is 1. The largest absolute Gasteiger partial charge is 0.478 e. The average molecular weight is 313 g/mol. The van der Waals surface area contributed by atoms with Crippen LogP contribution in [0.15, 0.2) is 18.2 Å². The van der Waals surface area contributed by atoms with E-state index in [4.69, 9.17) is 9.84 Å². The number of hydrogen-bond acceptors (Lipinski definition) is 3. The summed E-state index contributed by atoms with van der Waals surface area (Å²) in [4.78, 5) is 22.1. The summed E-state index contributed by atoms with van der Waals surface area (Å²) in [6, 6.07) is 4.98. The van der Waals surface area contributed by atoms with Gasteiger partial charge in [0.2, 0.25) is 0 Å². The highest BCUT2D eigenvalue weighted by Gasteiger charge is 2.30. The number of carbonyl (C=O) groups excluding carboxylic acids is 1. The molecule has 1 aliphatic rings. The maximum absolute atomic E-state index is 11.1. The summed E-state index contributed by atoms with van der Waals surface area (Å²) in [5.41, 5.74) is 2.05. The molecule has 2 atom stereocenters. The number of aryl methyl sites for hydroxylation is 1. The van der Waals surface area contributed by atoms with E-state index < -0.39 is 12.1 Å². The van der Waals surface area contributed by atoms with Crippen LogP contribution in [0.2, 0.25) is 0 Å². The van der Waals surface area contributed by atoms with E-state index in [1.165, 1.54) is 6.92 Å². The van der Waals surface area contributed by atoms with Crippen LogP contribution in [-0.4, -0.2) is 21.9 Å². The van der Waals surface area contributed by atoms with E-state index in [9.17, 15) is 9.59 Å². The number of aromatic carboxylic acids is 1. The molecule has 0 saturated carbocycles. The first-order valence-electron chi connectivity index (χ1n) is 5.66. The molecule has 1 N–H and O–H groups in total. The minimum Gasteiger partial charge on any atom is -0.478 e. The molecule has 2 rings (SSSR count). The number of rotatable bonds is 2. The van der Waals surface area contributed by atoms with Crippen LogP contribution < -0.4 is 0 Å². The van der Waals surface area contributed by atoms with Gasteiger partial charge in [0, 0.05) is 6.92 Å². The molecule has 1 aromatic rings. The monoisotopic (exact) mass is 312 g/mol. The quantitative estimate of drug-likeness (QED) is 0.673. The van der Waals surface area contributed by atoms with Crippen LogP contribution in [0, 0.1) is 0 Å². The summed E-state index contributed by atoms with van der Waals surface area (Å²) < 4.78 is 5.29. The van der Waals surface area contributed by atoms with Crippen LogP contribution in [0.3, 0.4) is 0 Å². The van der Waals surface area contributed by atoms with Gasteiger partial charge in [-0.2, -0.15) is 0 Å². The molecule has 0 amide bonds. The molecule has 0 spiro atoms. The molecule has 1 aromatic carbocycles. The average Bonchev–Trinajstić information content (AvgIpc) is 2.31. The van der Waals surface area contributed by atoms with Crippen molar-refractivity contribution < 1.29 is 19.4 Å². The van der Waals surface area contributed by atoms with Gasteiger partial charge in [0.25, 0.3) is 0 Å². The molecule has 5 heteroatoms. The molecule has 0 aromatic heterocycles. The lowest BCUT2D eigenvalue weighted by atomic mass is 9.88. The van der Waals surface area contributed by atoms with Crippen molar-refractivity contribution in [1.82, 2.24) is 0 Å². The molecule has 18 heavy (non-hydrogen) atoms. The van der Waals surface area contributed by atoms with Gasteiger partial charge < -0.3 is 9.84 Å². The van der Waals surface area contributed by atoms with Crippen molar-refractivity contribution in [1.29, 1.82) is 0 Å². The van der Waals surface area contributed by atoms with Crippen molar-refractivity contribution in [3.8, 4) is 0 Å². The lowest BCUT2D eigenvalue weighted by Crippen LogP contribution is -2.25. The fraction of sp³-hybridized carbons (Fsp3) is 0.385. The molecule has 1 aliphatic carbocycles. The van der Waals surface area contributed by atoms with Gasteiger partial charge in [-0.25, -0.2) is 4.79 Å². The molecule has 0 bridgehead atoms. The molecule has 0 saturated heterocycles. The fourth-order valence-electron chi connectivity index (χ4n) is 2.18. The molecule has 0 fully saturated rings. The molecule has 2 unspecified atom stereocenters. The number of carboxylic acids is 1. The van der Waals surface area contributed by atoms with E-state index in [1.54, 1.807) is 18.2 Å². The first-order valence-corrected chi connectivity index (χ1v) is 6.58. The SMILES string of the molecule is CC(=O)OC1c2cc(C(=O)O)ccc2CCC1Br. The standard InChI is InChI=1S/C13H13BrO4/c1-7(15)18-12-10-6-9(13(16)17)3-2-8(10)4-5-11(12)14/h2-3,6,11-12H,4-5H2,1H3,(H,16,17). The van der Waals surface area contributed by atoms with Crippen LogP contribution in [0.1, 0.15) is 40.9 Å². The van der Waals surface area contributed by atoms with E-state index in [-0.39, 0.29) is 16.4 Å². The molecular formula is C13H13BrO4. The number of hydrogen-bond donors (Lipinski definition) is 1. The van der Waals surface area contributed by atoms with Gasteiger partial charge >= 0.3 is 11.9 Å². The Kier molecular flexibility index (Phi) is 3.71. The fourth-order valence-corrected chi connectivity index (χ4v) is 2.80. The number of carboxylic acid groups (broad SMARTS) is 1. The predicted molar refractivity (Wildman–Crippen MR) is 68.9 cm³/mol. The van der Waals surface area contributed by atoms with Crippen molar-refractivity contribution in [3.63, 3.8) is 0 Å². The zero-order valence-corrected chi connectivity index (χ0v) is 11.4. The highest BCUT2D eigenvalue weighted by Crippen LogP contribution is 2.37. The lowest BCUT2D eigenvalue weighted by molar-refractivity contribution is -0.146. The summed E-state index contributed by atoms with van der Waals surface area (Å²) in [6.07, 6.45) is 1.30. The van der Waals surface area contributed by atoms with Crippen molar-refractivity contribution in [2.75, 3.05) is 0 Å². The zero-order valence-electron chi connectivity index (χ0n) is 9.85. The normalized spacial score (nSPS) is 22.1. The molecule has 0 heterocycles. The van der Waals surface area contributed by atoms with E-state index in [2.05, 4.69) is 15.9 Å². The van der Waals surface area contributed by atoms with E-state index >= 15 is 0 Å². The van der Waals surface area contributed by atoms with E-state index in [1.807, 2.05) is 0 Å². The Morgan fingerprint density at radius 2 is 2.17 bits per heavy atom. The Morgan fingerprint density at radius 1 is 1.44 bits per heavy atom. The highest BCUT2D eigenvalue weighted by atomic mass is 79.9. The smallest absolute Gasteiger partial charge is 0.335 e. The number of alkyl halides is 1. The highest BCUT2D eigenvalue weighted by molar-refractivity contribution is 9.09. The Morgan fingerprint density at radius 3 is 2.78 bits per heavy atom. The third-order valence-corrected chi connectivity index (χ3v) is 3.95. The maximum Gasteiger partial charge on any atom is 0.335 e. The van der Waals surface area contributed by atoms with Gasteiger partial charge in [-0.15, -0.1) is 0 Å². The minimum atomic E-state index is -0.976. The maximum atomic E-state index is 11.1. The Bertz CT molecular complexity index is 498. The van der Waals surface area contributed by atoms with Gasteiger partial charge in [0.15, 0.2) is 0 Å². The second-order valence-electron chi connectivity index (χ2n) is 4.30. The first-order chi connectivity index (χ1) is 8.49. The third-order valence-electron chi connectivity index (χ3n) is 3.01. The summed E-state index contributed by atoms with van der Waals surface area (Å²) in [5, 5.41) is 9.00. The molecule has 4 nitrogen and oxygen atoms in total. The Hall–Kier alpha value is -1.36. The number of benzene rings is 1. The van der Waals surface area contributed by atoms with Gasteiger partial charge in [-0.05, 0) is 36.1 Å². The Labute approximate surface area is 113 Å². The molecule has 0 radical (unpaired) electrons. The van der Waals surface area contributed by atoms with Crippen LogP contribution in [0.25, 0.3) is 0 Å². The number of esters is 1. The second kappa shape index (κ2) is 5.10. The van der Waals surface area contributed by atoms with Crippen molar-refractivity contribution in [3.05, 3.63) is 34.9 Å². The topological polar surface area (TPSA) is 63.6 Å². The van der Waals surface area contributed by atoms with Crippen molar-refractivity contribution in [2.45, 2.75) is 30.7 Å². The molecular weight excluding hydrogens is 300 g/mol. The summed E-state index contributed by atoms with van der Waals surface area (Å²) >= 11 is 3.49. The van der Waals surface area contributed by atoms with Crippen LogP contribution in [-0.2, 0) is 16.0 Å². The molecule has 0 aliphatic heterocycles. The zero-order chi connectivity index (χ0) is 13.3. The number of fused-ring (bicyclic) bond motifs is 1. The van der Waals surface area contributed by atoms with Crippen molar-refractivity contribution >= 4 is 27.9 Å². The lowest BCUT2D eigenvalue weighted by Gasteiger charge is -2.29.